The molecule has 0 aromatic carbocycles. The number of phosphoric ester groups is 2. The zero-order valence-corrected chi connectivity index (χ0v) is 37.0. The molecule has 0 aliphatic heterocycles. The highest BCUT2D eigenvalue weighted by molar-refractivity contribution is 7.47. The van der Waals surface area contributed by atoms with Crippen LogP contribution in [0.5, 0.6) is 0 Å². The highest BCUT2D eigenvalue weighted by atomic mass is 31.2. The molecule has 4 N–H and O–H groups in total. The van der Waals surface area contributed by atoms with E-state index in [1.165, 1.54) is 70.6 Å². The molecule has 0 heterocycles. The Kier molecular flexibility index (Phi) is 37.4. The number of aliphatic hydroxyl groups is 1. The molecule has 0 bridgehead atoms. The first-order valence-corrected chi connectivity index (χ1v) is 24.7. The van der Waals surface area contributed by atoms with Crippen LogP contribution in [0.4, 0.5) is 0 Å². The van der Waals surface area contributed by atoms with Crippen LogP contribution in [0.1, 0.15) is 181 Å². The van der Waals surface area contributed by atoms with Gasteiger partial charge in [0.15, 0.2) is 6.10 Å². The van der Waals surface area contributed by atoms with E-state index in [0.29, 0.717) is 12.8 Å². The summed E-state index contributed by atoms with van der Waals surface area (Å²) in [6.07, 6.45) is 37.1. The number of carbonyl (C=O) groups excluding carboxylic acids is 2. The summed E-state index contributed by atoms with van der Waals surface area (Å²) in [6, 6.07) is 0. The van der Waals surface area contributed by atoms with Crippen molar-refractivity contribution in [3.8, 4) is 0 Å². The van der Waals surface area contributed by atoms with Crippen molar-refractivity contribution in [2.24, 2.45) is 0 Å². The molecule has 0 spiro atoms. The van der Waals surface area contributed by atoms with E-state index in [0.717, 1.165) is 70.6 Å². The Morgan fingerprint density at radius 3 is 1.49 bits per heavy atom. The third-order valence-electron chi connectivity index (χ3n) is 9.03. The zero-order chi connectivity index (χ0) is 42.3. The topological polar surface area (TPSA) is 195 Å². The summed E-state index contributed by atoms with van der Waals surface area (Å²) in [5.74, 6) is -1.05. The predicted octanol–water partition coefficient (Wildman–Crippen LogP) is 10.9. The van der Waals surface area contributed by atoms with Gasteiger partial charge in [0.1, 0.15) is 12.7 Å². The zero-order valence-electron chi connectivity index (χ0n) is 35.2. The monoisotopic (exact) mass is 852 g/mol. The van der Waals surface area contributed by atoms with Crippen LogP contribution < -0.4 is 0 Å². The van der Waals surface area contributed by atoms with Gasteiger partial charge in [-0.2, -0.15) is 0 Å². The molecule has 0 rings (SSSR count). The third-order valence-corrected chi connectivity index (χ3v) is 10.5. The van der Waals surface area contributed by atoms with Crippen LogP contribution in [0.2, 0.25) is 0 Å². The number of hydrogen-bond acceptors (Lipinski definition) is 10. The van der Waals surface area contributed by atoms with Gasteiger partial charge in [-0.05, 0) is 44.9 Å². The number of aliphatic hydroxyl groups excluding tert-OH is 1. The average Bonchev–Trinajstić information content (AvgIpc) is 3.17. The van der Waals surface area contributed by atoms with Gasteiger partial charge in [-0.3, -0.25) is 23.2 Å². The molecular weight excluding hydrogens is 774 g/mol. The molecule has 3 atom stereocenters. The second-order valence-electron chi connectivity index (χ2n) is 14.6. The summed E-state index contributed by atoms with van der Waals surface area (Å²) < 4.78 is 47.7. The first-order chi connectivity index (χ1) is 27.4. The van der Waals surface area contributed by atoms with Crippen LogP contribution in [0.15, 0.2) is 36.5 Å². The Morgan fingerprint density at radius 1 is 0.526 bits per heavy atom. The van der Waals surface area contributed by atoms with Crippen molar-refractivity contribution in [3.05, 3.63) is 36.5 Å². The minimum atomic E-state index is -4.86. The largest absolute Gasteiger partial charge is 0.472 e. The first-order valence-electron chi connectivity index (χ1n) is 21.7. The molecule has 3 unspecified atom stereocenters. The van der Waals surface area contributed by atoms with E-state index in [4.69, 9.17) is 23.8 Å². The molecule has 0 fully saturated rings. The maximum atomic E-state index is 12.6. The molecule has 0 aliphatic rings. The van der Waals surface area contributed by atoms with Gasteiger partial charge in [0.2, 0.25) is 0 Å². The Balaban J connectivity index is 4.53. The number of carbonyl (C=O) groups is 2. The van der Waals surface area contributed by atoms with E-state index in [2.05, 4.69) is 59.4 Å². The quantitative estimate of drug-likeness (QED) is 0.0196. The van der Waals surface area contributed by atoms with Gasteiger partial charge < -0.3 is 29.3 Å². The lowest BCUT2D eigenvalue weighted by Gasteiger charge is -2.20. The summed E-state index contributed by atoms with van der Waals surface area (Å²) in [5, 5.41) is 9.74. The van der Waals surface area contributed by atoms with Gasteiger partial charge in [0, 0.05) is 12.8 Å². The number of unbranched alkanes of at least 4 members (excludes halogenated alkanes) is 19. The van der Waals surface area contributed by atoms with E-state index < -0.39 is 59.6 Å². The van der Waals surface area contributed by atoms with E-state index in [1.54, 1.807) is 0 Å². The standard InChI is InChI=1S/C42H78O13P2/c1-3-5-7-9-11-13-15-17-19-21-23-25-27-29-31-33-41(44)51-37-40(38-54-57(49,50)53-36-39(43)35-52-56(46,47)48)55-42(45)34-32-30-28-26-24-22-20-18-16-14-12-10-8-6-4-2/h6,8,12,14,18,20,39-40,43H,3-5,7,9-11,13,15-17,19,21-38H2,1-2H3,(H,49,50)(H2,46,47,48). The lowest BCUT2D eigenvalue weighted by atomic mass is 10.0. The Hall–Kier alpha value is -1.66. The molecule has 15 heteroatoms. The summed E-state index contributed by atoms with van der Waals surface area (Å²) in [7, 11) is -9.67. The maximum absolute atomic E-state index is 12.6. The van der Waals surface area contributed by atoms with Crippen molar-refractivity contribution >= 4 is 27.6 Å². The van der Waals surface area contributed by atoms with E-state index >= 15 is 0 Å². The summed E-state index contributed by atoms with van der Waals surface area (Å²) in [6.45, 7) is 1.64. The second-order valence-corrected chi connectivity index (χ2v) is 17.3. The fourth-order valence-electron chi connectivity index (χ4n) is 5.77. The van der Waals surface area contributed by atoms with Gasteiger partial charge in [0.05, 0.1) is 19.8 Å². The van der Waals surface area contributed by atoms with E-state index in [9.17, 15) is 28.7 Å². The second kappa shape index (κ2) is 38.5. The van der Waals surface area contributed by atoms with Crippen molar-refractivity contribution in [2.75, 3.05) is 26.4 Å². The van der Waals surface area contributed by atoms with E-state index in [1.807, 2.05) is 0 Å². The van der Waals surface area contributed by atoms with Crippen LogP contribution in [-0.2, 0) is 41.8 Å². The maximum Gasteiger partial charge on any atom is 0.472 e. The minimum absolute atomic E-state index is 0.113. The summed E-state index contributed by atoms with van der Waals surface area (Å²) >= 11 is 0. The number of phosphoric acid groups is 2. The van der Waals surface area contributed by atoms with Crippen molar-refractivity contribution < 1.29 is 61.6 Å². The van der Waals surface area contributed by atoms with E-state index in [-0.39, 0.29) is 19.4 Å². The van der Waals surface area contributed by atoms with Gasteiger partial charge in [-0.15, -0.1) is 0 Å². The van der Waals surface area contributed by atoms with Crippen LogP contribution in [-0.4, -0.2) is 70.4 Å². The van der Waals surface area contributed by atoms with Crippen molar-refractivity contribution in [2.45, 2.75) is 193 Å². The van der Waals surface area contributed by atoms with Crippen molar-refractivity contribution in [1.29, 1.82) is 0 Å². The number of allylic oxidation sites excluding steroid dienone is 6. The van der Waals surface area contributed by atoms with Gasteiger partial charge in [-0.1, -0.05) is 159 Å². The highest BCUT2D eigenvalue weighted by Gasteiger charge is 2.28. The SMILES string of the molecule is CCC=CCC=CCC=CCCCCCCCC(=O)OC(COC(=O)CCCCCCCCCCCCCCCCC)COP(=O)(O)OCC(O)COP(=O)(O)O. The van der Waals surface area contributed by atoms with Crippen LogP contribution in [0.25, 0.3) is 0 Å². The lowest BCUT2D eigenvalue weighted by Crippen LogP contribution is -2.30. The van der Waals surface area contributed by atoms with Gasteiger partial charge in [0.25, 0.3) is 0 Å². The predicted molar refractivity (Wildman–Crippen MR) is 225 cm³/mol. The molecule has 0 aromatic heterocycles. The number of ether oxygens (including phenoxy) is 2. The molecule has 13 nitrogen and oxygen atoms in total. The molecule has 0 aromatic rings. The minimum Gasteiger partial charge on any atom is -0.462 e. The smallest absolute Gasteiger partial charge is 0.462 e. The Morgan fingerprint density at radius 2 is 0.965 bits per heavy atom. The summed E-state index contributed by atoms with van der Waals surface area (Å²) in [4.78, 5) is 52.6. The third kappa shape index (κ3) is 42.3. The lowest BCUT2D eigenvalue weighted by molar-refractivity contribution is -0.161. The van der Waals surface area contributed by atoms with Crippen LogP contribution >= 0.6 is 15.6 Å². The molecule has 57 heavy (non-hydrogen) atoms. The molecule has 0 saturated carbocycles. The fraction of sp³-hybridized carbons (Fsp3) is 0.810. The normalized spacial score (nSPS) is 14.4. The van der Waals surface area contributed by atoms with Gasteiger partial charge in [-0.25, -0.2) is 9.13 Å². The number of esters is 2. The van der Waals surface area contributed by atoms with Crippen molar-refractivity contribution in [3.63, 3.8) is 0 Å². The molecular formula is C42H78O13P2. The molecule has 0 saturated heterocycles. The van der Waals surface area contributed by atoms with Crippen LogP contribution in [0, 0.1) is 0 Å². The van der Waals surface area contributed by atoms with Crippen molar-refractivity contribution in [1.82, 2.24) is 0 Å². The molecule has 334 valence electrons. The fourth-order valence-corrected chi connectivity index (χ4v) is 6.93. The Bertz CT molecular complexity index is 1150. The molecule has 0 amide bonds. The Labute approximate surface area is 344 Å². The first kappa shape index (κ1) is 55.3. The number of hydrogen-bond donors (Lipinski definition) is 4. The highest BCUT2D eigenvalue weighted by Crippen LogP contribution is 2.43. The summed E-state index contributed by atoms with van der Waals surface area (Å²) in [5.41, 5.74) is 0. The molecule has 0 aliphatic carbocycles. The number of rotatable bonds is 41. The van der Waals surface area contributed by atoms with Crippen LogP contribution in [0.3, 0.4) is 0 Å². The van der Waals surface area contributed by atoms with Gasteiger partial charge >= 0.3 is 27.6 Å². The molecule has 0 radical (unpaired) electrons. The average molecular weight is 853 g/mol.